The summed E-state index contributed by atoms with van der Waals surface area (Å²) in [7, 11) is 0. The molecule has 0 unspecified atom stereocenters. The molecule has 13 nitrogen and oxygen atoms in total. The number of benzene rings is 1. The molecule has 1 amide bonds. The number of anilines is 4. The Morgan fingerprint density at radius 2 is 1.81 bits per heavy atom. The number of rotatable bonds is 7. The number of nitrogens with one attached hydrogen (secondary N) is 2. The Hall–Kier alpha value is -4.38. The van der Waals surface area contributed by atoms with E-state index in [2.05, 4.69) is 47.6 Å². The molecule has 2 saturated heterocycles. The molecule has 0 bridgehead atoms. The van der Waals surface area contributed by atoms with E-state index in [0.29, 0.717) is 73.0 Å². The molecule has 248 valence electrons. The van der Waals surface area contributed by atoms with Crippen molar-refractivity contribution in [3.63, 3.8) is 0 Å². The van der Waals surface area contributed by atoms with E-state index in [4.69, 9.17) is 11.6 Å². The number of hydrogen-bond donors (Lipinski definition) is 3. The second kappa shape index (κ2) is 12.3. The highest BCUT2D eigenvalue weighted by Gasteiger charge is 2.57. The van der Waals surface area contributed by atoms with Gasteiger partial charge in [0, 0.05) is 50.8 Å². The molecule has 1 saturated carbocycles. The molecule has 0 spiro atoms. The summed E-state index contributed by atoms with van der Waals surface area (Å²) in [5.41, 5.74) is -1.38. The molecule has 2 atom stereocenters. The quantitative estimate of drug-likeness (QED) is 0.336. The molecule has 2 aliphatic heterocycles. The predicted molar refractivity (Wildman–Crippen MR) is 166 cm³/mol. The van der Waals surface area contributed by atoms with Crippen LogP contribution in [0.4, 0.5) is 36.4 Å². The van der Waals surface area contributed by atoms with E-state index in [9.17, 15) is 33.6 Å². The molecule has 17 heteroatoms. The number of nitrogens with zero attached hydrogens (tertiary/aromatic N) is 9. The number of aliphatic hydroxyl groups is 1. The van der Waals surface area contributed by atoms with Crippen molar-refractivity contribution < 1.29 is 23.1 Å². The van der Waals surface area contributed by atoms with Gasteiger partial charge in [0.1, 0.15) is 11.6 Å². The highest BCUT2D eigenvalue weighted by Crippen LogP contribution is 2.38. The third-order valence-electron chi connectivity index (χ3n) is 9.03. The van der Waals surface area contributed by atoms with Crippen molar-refractivity contribution in [3.8, 4) is 12.1 Å². The zero-order valence-electron chi connectivity index (χ0n) is 25.7. The largest absolute Gasteiger partial charge is 0.426 e. The minimum atomic E-state index is -5.05. The Morgan fingerprint density at radius 1 is 1.09 bits per heavy atom. The van der Waals surface area contributed by atoms with E-state index in [0.717, 1.165) is 17.7 Å². The summed E-state index contributed by atoms with van der Waals surface area (Å²) >= 11 is 6.97. The van der Waals surface area contributed by atoms with Crippen LogP contribution in [0, 0.1) is 22.7 Å². The van der Waals surface area contributed by atoms with Crippen LogP contribution in [0.15, 0.2) is 18.3 Å². The molecule has 0 radical (unpaired) electrons. The SMILES string of the molecule is C[C@H]1CN(C2CCN(C(=O)[C@](C)(O)C(F)(F)F)CC2)CCN1c1cc(C#N)cc(Nc2nc(NC3CC3)n3ncc(C#N)c3n2)c1Cl. The number of amides is 1. The van der Waals surface area contributed by atoms with E-state index < -0.39 is 17.7 Å². The summed E-state index contributed by atoms with van der Waals surface area (Å²) in [5, 5.41) is 40.3. The maximum absolute atomic E-state index is 13.2. The third kappa shape index (κ3) is 6.33. The van der Waals surface area contributed by atoms with Crippen LogP contribution in [-0.4, -0.2) is 103 Å². The topological polar surface area (TPSA) is 162 Å². The first-order valence-electron chi connectivity index (χ1n) is 15.3. The highest BCUT2D eigenvalue weighted by atomic mass is 35.5. The van der Waals surface area contributed by atoms with Gasteiger partial charge in [0.2, 0.25) is 17.5 Å². The van der Waals surface area contributed by atoms with Gasteiger partial charge in [-0.25, -0.2) is 0 Å². The van der Waals surface area contributed by atoms with E-state index in [1.54, 1.807) is 12.1 Å². The number of likely N-dealkylation sites (tertiary alicyclic amines) is 1. The lowest BCUT2D eigenvalue weighted by molar-refractivity contribution is -0.250. The van der Waals surface area contributed by atoms with Crippen LogP contribution in [-0.2, 0) is 4.79 Å². The maximum Gasteiger partial charge on any atom is 0.426 e. The van der Waals surface area contributed by atoms with Gasteiger partial charge in [0.15, 0.2) is 5.65 Å². The van der Waals surface area contributed by atoms with Crippen LogP contribution >= 0.6 is 11.6 Å². The van der Waals surface area contributed by atoms with Crippen LogP contribution < -0.4 is 15.5 Å². The summed E-state index contributed by atoms with van der Waals surface area (Å²) in [6.07, 6.45) is -0.666. The third-order valence-corrected chi connectivity index (χ3v) is 9.43. The normalized spacial score (nSPS) is 20.8. The number of fused-ring (bicyclic) bond motifs is 1. The fourth-order valence-electron chi connectivity index (χ4n) is 6.15. The fraction of sp³-hybridized carbons (Fsp3) is 0.533. The Balaban J connectivity index is 1.17. The summed E-state index contributed by atoms with van der Waals surface area (Å²) in [6.45, 7) is 4.60. The Morgan fingerprint density at radius 3 is 2.43 bits per heavy atom. The van der Waals surface area contributed by atoms with Crippen molar-refractivity contribution in [2.45, 2.75) is 69.4 Å². The van der Waals surface area contributed by atoms with Crippen molar-refractivity contribution >= 4 is 46.4 Å². The van der Waals surface area contributed by atoms with Gasteiger partial charge in [-0.2, -0.15) is 43.3 Å². The average Bonchev–Trinajstić information content (AvgIpc) is 3.76. The van der Waals surface area contributed by atoms with Gasteiger partial charge in [-0.3, -0.25) is 9.69 Å². The Bertz CT molecular complexity index is 1770. The molecule has 2 aromatic heterocycles. The Labute approximate surface area is 273 Å². The lowest BCUT2D eigenvalue weighted by Crippen LogP contribution is -2.60. The predicted octanol–water partition coefficient (Wildman–Crippen LogP) is 3.65. The first-order valence-corrected chi connectivity index (χ1v) is 15.7. The van der Waals surface area contributed by atoms with Gasteiger partial charge in [0.05, 0.1) is 34.2 Å². The van der Waals surface area contributed by atoms with Gasteiger partial charge in [-0.15, -0.1) is 0 Å². The van der Waals surface area contributed by atoms with E-state index in [-0.39, 0.29) is 42.7 Å². The number of carbonyl (C=O) groups is 1. The molecular formula is C30H33ClF3N11O2. The molecule has 1 aromatic carbocycles. The number of piperidine rings is 1. The number of hydrogen-bond acceptors (Lipinski definition) is 11. The second-order valence-electron chi connectivity index (χ2n) is 12.4. The lowest BCUT2D eigenvalue weighted by atomic mass is 9.97. The summed E-state index contributed by atoms with van der Waals surface area (Å²) in [5.74, 6) is -0.713. The minimum Gasteiger partial charge on any atom is -0.373 e. The fourth-order valence-corrected chi connectivity index (χ4v) is 6.41. The summed E-state index contributed by atoms with van der Waals surface area (Å²) in [4.78, 5) is 27.0. The molecule has 1 aliphatic carbocycles. The first kappa shape index (κ1) is 32.6. The number of alkyl halides is 3. The highest BCUT2D eigenvalue weighted by molar-refractivity contribution is 6.36. The molecule has 6 rings (SSSR count). The lowest BCUT2D eigenvalue weighted by Gasteiger charge is -2.47. The summed E-state index contributed by atoms with van der Waals surface area (Å²) in [6, 6.07) is 7.90. The zero-order chi connectivity index (χ0) is 33.7. The van der Waals surface area contributed by atoms with Crippen LogP contribution in [0.25, 0.3) is 5.65 Å². The summed E-state index contributed by atoms with van der Waals surface area (Å²) < 4.78 is 41.1. The van der Waals surface area contributed by atoms with E-state index >= 15 is 0 Å². The smallest absolute Gasteiger partial charge is 0.373 e. The molecule has 3 aromatic rings. The number of halogens is 4. The Kier molecular flexibility index (Phi) is 8.54. The number of nitriles is 2. The minimum absolute atomic E-state index is 0.0411. The van der Waals surface area contributed by atoms with Crippen molar-refractivity contribution in [1.82, 2.24) is 29.4 Å². The molecule has 3 N–H and O–H groups in total. The second-order valence-corrected chi connectivity index (χ2v) is 12.8. The van der Waals surface area contributed by atoms with Crippen LogP contribution in [0.5, 0.6) is 0 Å². The number of aromatic nitrogens is 4. The van der Waals surface area contributed by atoms with Gasteiger partial charge in [-0.1, -0.05) is 11.6 Å². The van der Waals surface area contributed by atoms with E-state index in [1.807, 2.05) is 6.92 Å². The van der Waals surface area contributed by atoms with Crippen LogP contribution in [0.1, 0.15) is 50.7 Å². The van der Waals surface area contributed by atoms with Gasteiger partial charge < -0.3 is 25.5 Å². The molecule has 3 aliphatic rings. The molecular weight excluding hydrogens is 639 g/mol. The van der Waals surface area contributed by atoms with Crippen molar-refractivity contribution in [3.05, 3.63) is 34.5 Å². The van der Waals surface area contributed by atoms with E-state index in [1.165, 1.54) is 10.7 Å². The van der Waals surface area contributed by atoms with Crippen molar-refractivity contribution in [1.29, 1.82) is 10.5 Å². The van der Waals surface area contributed by atoms with Crippen LogP contribution in [0.2, 0.25) is 5.02 Å². The molecule has 4 heterocycles. The number of piperazine rings is 1. The van der Waals surface area contributed by atoms with Crippen molar-refractivity contribution in [2.24, 2.45) is 0 Å². The molecule has 47 heavy (non-hydrogen) atoms. The maximum atomic E-state index is 13.2. The number of carbonyl (C=O) groups excluding carboxylic acids is 1. The average molecular weight is 672 g/mol. The standard InChI is InChI=1S/C30H33ClF3N11O2/c1-17-16-43(21-5-7-42(8-6-21)26(46)29(2,47)30(32,33)34)9-10-44(17)23-12-18(13-35)11-22(24(23)31)39-27-40-25-19(14-36)15-37-45(25)28(41-27)38-20-3-4-20/h11-12,15,17,20-21,47H,3-10,16H2,1-2H3,(H2,38,39,40,41)/t17-,29-/m0/s1. The zero-order valence-corrected chi connectivity index (χ0v) is 26.5. The van der Waals surface area contributed by atoms with Gasteiger partial charge in [-0.05, 0) is 51.7 Å². The van der Waals surface area contributed by atoms with Crippen LogP contribution in [0.3, 0.4) is 0 Å². The van der Waals surface area contributed by atoms with Gasteiger partial charge in [0.25, 0.3) is 5.91 Å². The van der Waals surface area contributed by atoms with Gasteiger partial charge >= 0.3 is 6.18 Å². The first-order chi connectivity index (χ1) is 22.3. The molecule has 3 fully saturated rings. The monoisotopic (exact) mass is 671 g/mol. The van der Waals surface area contributed by atoms with Crippen molar-refractivity contribution in [2.75, 3.05) is 48.3 Å².